The molecule has 0 N–H and O–H groups in total. The summed E-state index contributed by atoms with van der Waals surface area (Å²) in [5.74, 6) is 0.400. The van der Waals surface area contributed by atoms with Crippen molar-refractivity contribution < 1.29 is 13.2 Å². The third-order valence-corrected chi connectivity index (χ3v) is 7.86. The van der Waals surface area contributed by atoms with Gasteiger partial charge in [-0.3, -0.25) is 4.79 Å². The number of hydrogen-bond donors (Lipinski definition) is 0. The molecule has 2 heterocycles. The lowest BCUT2D eigenvalue weighted by atomic mass is 10.00. The quantitative estimate of drug-likeness (QED) is 0.719. The van der Waals surface area contributed by atoms with E-state index in [1.807, 2.05) is 37.2 Å². The Hall–Kier alpha value is -1.40. The topological polar surface area (TPSA) is 57.7 Å². The molecule has 3 rings (SSSR count). The van der Waals surface area contributed by atoms with Crippen LogP contribution in [0.25, 0.3) is 0 Å². The number of nitrogens with zero attached hydrogens (tertiary/aromatic N) is 2. The van der Waals surface area contributed by atoms with Crippen LogP contribution in [0.1, 0.15) is 24.8 Å². The Balaban J connectivity index is 1.49. The lowest BCUT2D eigenvalue weighted by Gasteiger charge is -2.25. The molecule has 2 fully saturated rings. The zero-order valence-corrected chi connectivity index (χ0v) is 15.9. The third-order valence-electron chi connectivity index (χ3n) is 5.63. The van der Waals surface area contributed by atoms with E-state index in [9.17, 15) is 13.2 Å². The van der Waals surface area contributed by atoms with Crippen molar-refractivity contribution in [1.82, 2.24) is 9.80 Å². The van der Waals surface area contributed by atoms with Crippen LogP contribution in [0.2, 0.25) is 0 Å². The third kappa shape index (κ3) is 4.06. The number of amides is 1. The molecule has 0 spiro atoms. The fourth-order valence-corrected chi connectivity index (χ4v) is 6.65. The maximum Gasteiger partial charge on any atom is 0.222 e. The zero-order valence-electron chi connectivity index (χ0n) is 15.1. The number of aryl methyl sites for hydroxylation is 1. The smallest absolute Gasteiger partial charge is 0.222 e. The van der Waals surface area contributed by atoms with Gasteiger partial charge in [-0.25, -0.2) is 8.42 Å². The van der Waals surface area contributed by atoms with Crippen molar-refractivity contribution in [2.45, 2.75) is 37.0 Å². The van der Waals surface area contributed by atoms with Gasteiger partial charge in [0.15, 0.2) is 9.84 Å². The predicted octanol–water partition coefficient (Wildman–Crippen LogP) is 1.59. The molecule has 1 aromatic carbocycles. The number of likely N-dealkylation sites (tertiary alicyclic amines) is 1. The molecule has 1 aromatic rings. The number of benzene rings is 1. The molecule has 2 saturated heterocycles. The van der Waals surface area contributed by atoms with Gasteiger partial charge in [0.25, 0.3) is 0 Å². The molecule has 1 amide bonds. The Morgan fingerprint density at radius 2 is 1.88 bits per heavy atom. The minimum absolute atomic E-state index is 0.0332. The molecule has 0 unspecified atom stereocenters. The molecule has 0 aromatic heterocycles. The number of carbonyl (C=O) groups is 1. The van der Waals surface area contributed by atoms with Gasteiger partial charge >= 0.3 is 0 Å². The zero-order chi connectivity index (χ0) is 18.0. The van der Waals surface area contributed by atoms with Gasteiger partial charge in [-0.2, -0.15) is 0 Å². The van der Waals surface area contributed by atoms with Crippen LogP contribution in [-0.2, 0) is 21.1 Å². The second-order valence-corrected chi connectivity index (χ2v) is 9.82. The maximum absolute atomic E-state index is 12.5. The molecule has 0 saturated carbocycles. The van der Waals surface area contributed by atoms with Crippen LogP contribution in [0.5, 0.6) is 0 Å². The molecular formula is C19H28N2O3S. The average molecular weight is 365 g/mol. The van der Waals surface area contributed by atoms with E-state index in [4.69, 9.17) is 0 Å². The van der Waals surface area contributed by atoms with Crippen LogP contribution in [0.4, 0.5) is 0 Å². The van der Waals surface area contributed by atoms with Crippen molar-refractivity contribution in [2.75, 3.05) is 32.9 Å². The summed E-state index contributed by atoms with van der Waals surface area (Å²) < 4.78 is 24.8. The Bertz CT molecular complexity index is 703. The predicted molar refractivity (Wildman–Crippen MR) is 99.1 cm³/mol. The second kappa shape index (κ2) is 7.46. The summed E-state index contributed by atoms with van der Waals surface area (Å²) in [6.07, 6.45) is 3.33. The Morgan fingerprint density at radius 1 is 1.16 bits per heavy atom. The molecule has 5 nitrogen and oxygen atoms in total. The highest BCUT2D eigenvalue weighted by molar-refractivity contribution is 7.92. The number of fused-ring (bicyclic) bond motifs is 1. The van der Waals surface area contributed by atoms with E-state index in [0.717, 1.165) is 19.3 Å². The van der Waals surface area contributed by atoms with Crippen LogP contribution in [0.3, 0.4) is 0 Å². The number of hydrogen-bond acceptors (Lipinski definition) is 4. The van der Waals surface area contributed by atoms with Crippen molar-refractivity contribution in [2.24, 2.45) is 5.92 Å². The lowest BCUT2D eigenvalue weighted by molar-refractivity contribution is -0.130. The largest absolute Gasteiger partial charge is 0.341 e. The van der Waals surface area contributed by atoms with E-state index in [-0.39, 0.29) is 28.9 Å². The average Bonchev–Trinajstić information content (AvgIpc) is 3.12. The monoisotopic (exact) mass is 364 g/mol. The first-order valence-corrected chi connectivity index (χ1v) is 10.8. The molecule has 3 atom stereocenters. The van der Waals surface area contributed by atoms with Crippen molar-refractivity contribution in [3.8, 4) is 0 Å². The van der Waals surface area contributed by atoms with Crippen LogP contribution in [-0.4, -0.2) is 68.4 Å². The molecule has 0 bridgehead atoms. The molecule has 6 heteroatoms. The summed E-state index contributed by atoms with van der Waals surface area (Å²) >= 11 is 0. The minimum Gasteiger partial charge on any atom is -0.341 e. The lowest BCUT2D eigenvalue weighted by Crippen LogP contribution is -2.38. The standard InChI is InChI=1S/C19H28N2O3S/c1-20(2)17-14-25(23,24)18-13-21(12-16(17)18)19(22)11-7-6-10-15-8-4-3-5-9-15/h3-5,8-9,16-18H,6-7,10-14H2,1-2H3/t16-,17+,18-/m0/s1. The molecule has 25 heavy (non-hydrogen) atoms. The van der Waals surface area contributed by atoms with E-state index in [0.29, 0.717) is 19.5 Å². The molecule has 2 aliphatic heterocycles. The van der Waals surface area contributed by atoms with Crippen LogP contribution in [0.15, 0.2) is 30.3 Å². The number of carbonyl (C=O) groups excluding carboxylic acids is 1. The highest BCUT2D eigenvalue weighted by atomic mass is 32.2. The molecule has 0 aliphatic carbocycles. The molecule has 0 radical (unpaired) electrons. The van der Waals surface area contributed by atoms with Crippen molar-refractivity contribution >= 4 is 15.7 Å². The summed E-state index contributed by atoms with van der Waals surface area (Å²) in [5, 5.41) is -0.367. The van der Waals surface area contributed by atoms with Gasteiger partial charge in [-0.15, -0.1) is 0 Å². The summed E-state index contributed by atoms with van der Waals surface area (Å²) in [7, 11) is 0.773. The van der Waals surface area contributed by atoms with E-state index < -0.39 is 9.84 Å². The van der Waals surface area contributed by atoms with E-state index in [2.05, 4.69) is 12.1 Å². The summed E-state index contributed by atoms with van der Waals surface area (Å²) in [4.78, 5) is 16.3. The van der Waals surface area contributed by atoms with Gasteiger partial charge in [-0.1, -0.05) is 30.3 Å². The normalized spacial score (nSPS) is 27.6. The molecular weight excluding hydrogens is 336 g/mol. The van der Waals surface area contributed by atoms with Crippen LogP contribution in [0, 0.1) is 5.92 Å². The number of sulfone groups is 1. The van der Waals surface area contributed by atoms with Gasteiger partial charge in [0.2, 0.25) is 5.91 Å². The van der Waals surface area contributed by atoms with Gasteiger partial charge in [0, 0.05) is 31.5 Å². The first-order chi connectivity index (χ1) is 11.9. The minimum atomic E-state index is -3.08. The fourth-order valence-electron chi connectivity index (χ4n) is 4.18. The highest BCUT2D eigenvalue weighted by Gasteiger charge is 2.53. The van der Waals surface area contributed by atoms with Crippen molar-refractivity contribution in [3.63, 3.8) is 0 Å². The molecule has 2 aliphatic rings. The maximum atomic E-state index is 12.5. The second-order valence-electron chi connectivity index (χ2n) is 7.55. The van der Waals surface area contributed by atoms with Gasteiger partial charge in [-0.05, 0) is 38.9 Å². The number of rotatable bonds is 6. The first kappa shape index (κ1) is 18.4. The van der Waals surface area contributed by atoms with Crippen molar-refractivity contribution in [1.29, 1.82) is 0 Å². The fraction of sp³-hybridized carbons (Fsp3) is 0.632. The summed E-state index contributed by atoms with van der Waals surface area (Å²) in [5.41, 5.74) is 1.30. The summed E-state index contributed by atoms with van der Waals surface area (Å²) in [6, 6.07) is 10.3. The summed E-state index contributed by atoms with van der Waals surface area (Å²) in [6.45, 7) is 0.971. The number of unbranched alkanes of at least 4 members (excludes halogenated alkanes) is 1. The van der Waals surface area contributed by atoms with Crippen LogP contribution < -0.4 is 0 Å². The van der Waals surface area contributed by atoms with E-state index in [1.54, 1.807) is 4.90 Å². The Labute approximate surface area is 150 Å². The van der Waals surface area contributed by atoms with Gasteiger partial charge < -0.3 is 9.80 Å². The van der Waals surface area contributed by atoms with Gasteiger partial charge in [0.1, 0.15) is 0 Å². The molecule has 138 valence electrons. The Morgan fingerprint density at radius 3 is 2.56 bits per heavy atom. The van der Waals surface area contributed by atoms with E-state index >= 15 is 0 Å². The van der Waals surface area contributed by atoms with E-state index in [1.165, 1.54) is 5.56 Å². The Kier molecular flexibility index (Phi) is 5.49. The highest BCUT2D eigenvalue weighted by Crippen LogP contribution is 2.36. The van der Waals surface area contributed by atoms with Crippen LogP contribution >= 0.6 is 0 Å². The van der Waals surface area contributed by atoms with Gasteiger partial charge in [0.05, 0.1) is 11.0 Å². The first-order valence-electron chi connectivity index (χ1n) is 9.08. The SMILES string of the molecule is CN(C)[C@@H]1CS(=O)(=O)[C@H]2CN(C(=O)CCCCc3ccccc3)C[C@@H]12. The van der Waals surface area contributed by atoms with Crippen molar-refractivity contribution in [3.05, 3.63) is 35.9 Å².